The molecule has 3 aliphatic rings. The van der Waals surface area contributed by atoms with Crippen LogP contribution in [0.4, 0.5) is 0 Å². The summed E-state index contributed by atoms with van der Waals surface area (Å²) in [4.78, 5) is 15.2. The van der Waals surface area contributed by atoms with Gasteiger partial charge < -0.3 is 10.1 Å². The Labute approximate surface area is 137 Å². The van der Waals surface area contributed by atoms with Gasteiger partial charge in [0, 0.05) is 45.1 Å². The fraction of sp³-hybridized carbons (Fsp3) is 0.765. The molecular weight excluding hydrogens is 292 g/mol. The lowest BCUT2D eigenvalue weighted by Gasteiger charge is -2.42. The second-order valence-electron chi connectivity index (χ2n) is 7.10. The van der Waals surface area contributed by atoms with Gasteiger partial charge in [-0.15, -0.1) is 0 Å². The van der Waals surface area contributed by atoms with Crippen LogP contribution in [-0.2, 0) is 16.1 Å². The number of rotatable bonds is 4. The molecule has 2 aliphatic heterocycles. The first kappa shape index (κ1) is 15.1. The summed E-state index contributed by atoms with van der Waals surface area (Å²) in [5.74, 6) is 0.668. The summed E-state index contributed by atoms with van der Waals surface area (Å²) in [6, 6.07) is 2.52. The molecule has 1 amide bonds. The molecule has 0 bridgehead atoms. The largest absolute Gasteiger partial charge is 0.381 e. The van der Waals surface area contributed by atoms with Crippen molar-refractivity contribution in [2.75, 3.05) is 26.3 Å². The minimum atomic E-state index is -0.186. The number of hydrogen-bond acceptors (Lipinski definition) is 4. The van der Waals surface area contributed by atoms with Crippen molar-refractivity contribution in [3.8, 4) is 0 Å². The fourth-order valence-electron chi connectivity index (χ4n) is 3.86. The van der Waals surface area contributed by atoms with Gasteiger partial charge in [-0.2, -0.15) is 5.10 Å². The molecular formula is C17H26N4O2. The van der Waals surface area contributed by atoms with Gasteiger partial charge in [0.05, 0.1) is 5.69 Å². The molecule has 1 atom stereocenters. The molecule has 0 spiro atoms. The van der Waals surface area contributed by atoms with Crippen molar-refractivity contribution < 1.29 is 9.53 Å². The minimum Gasteiger partial charge on any atom is -0.381 e. The molecule has 1 unspecified atom stereocenters. The first-order chi connectivity index (χ1) is 11.3. The molecule has 1 N–H and O–H groups in total. The molecule has 1 saturated carbocycles. The lowest BCUT2D eigenvalue weighted by atomic mass is 9.90. The van der Waals surface area contributed by atoms with Gasteiger partial charge in [-0.3, -0.25) is 14.4 Å². The third-order valence-corrected chi connectivity index (χ3v) is 5.62. The molecule has 6 nitrogen and oxygen atoms in total. The third-order valence-electron chi connectivity index (χ3n) is 5.62. The van der Waals surface area contributed by atoms with Crippen LogP contribution in [0.3, 0.4) is 0 Å². The predicted molar refractivity (Wildman–Crippen MR) is 85.9 cm³/mol. The average molecular weight is 318 g/mol. The highest BCUT2D eigenvalue weighted by Gasteiger charge is 2.35. The van der Waals surface area contributed by atoms with Gasteiger partial charge in [-0.1, -0.05) is 6.42 Å². The Morgan fingerprint density at radius 3 is 2.87 bits per heavy atom. The van der Waals surface area contributed by atoms with Crippen LogP contribution in [0.2, 0.25) is 0 Å². The first-order valence-electron chi connectivity index (χ1n) is 8.93. The smallest absolute Gasteiger partial charge is 0.246 e. The molecule has 3 heterocycles. The molecule has 0 radical (unpaired) electrons. The Bertz CT molecular complexity index is 549. The van der Waals surface area contributed by atoms with E-state index < -0.39 is 0 Å². The van der Waals surface area contributed by atoms with E-state index in [-0.39, 0.29) is 11.9 Å². The zero-order valence-electron chi connectivity index (χ0n) is 13.6. The van der Waals surface area contributed by atoms with Gasteiger partial charge in [-0.05, 0) is 37.7 Å². The maximum atomic E-state index is 12.7. The van der Waals surface area contributed by atoms with E-state index >= 15 is 0 Å². The summed E-state index contributed by atoms with van der Waals surface area (Å²) < 4.78 is 7.31. The van der Waals surface area contributed by atoms with Crippen LogP contribution >= 0.6 is 0 Å². The first-order valence-corrected chi connectivity index (χ1v) is 8.93. The molecule has 0 aromatic carbocycles. The number of carbonyl (C=O) groups is 1. The van der Waals surface area contributed by atoms with Crippen molar-refractivity contribution >= 4 is 5.91 Å². The van der Waals surface area contributed by atoms with Crippen molar-refractivity contribution in [1.82, 2.24) is 20.0 Å². The molecule has 1 saturated heterocycles. The fourth-order valence-corrected chi connectivity index (χ4v) is 3.86. The van der Waals surface area contributed by atoms with Gasteiger partial charge in [0.1, 0.15) is 6.04 Å². The van der Waals surface area contributed by atoms with Crippen LogP contribution in [0.5, 0.6) is 0 Å². The van der Waals surface area contributed by atoms with Gasteiger partial charge in [0.15, 0.2) is 0 Å². The summed E-state index contributed by atoms with van der Waals surface area (Å²) in [5.41, 5.74) is 1.16. The lowest BCUT2D eigenvalue weighted by Crippen LogP contribution is -2.50. The normalized spacial score (nSPS) is 26.5. The average Bonchev–Trinajstić information content (AvgIpc) is 2.99. The van der Waals surface area contributed by atoms with Crippen molar-refractivity contribution in [3.63, 3.8) is 0 Å². The SMILES string of the molecule is O=C(NCC1CCOCC1)C1CN(C2CCC2)Cc2ccnn21. The molecule has 126 valence electrons. The highest BCUT2D eigenvalue weighted by Crippen LogP contribution is 2.30. The number of aromatic nitrogens is 2. The number of fused-ring (bicyclic) bond motifs is 1. The number of carbonyl (C=O) groups excluding carboxylic acids is 1. The summed E-state index contributed by atoms with van der Waals surface area (Å²) in [7, 11) is 0. The van der Waals surface area contributed by atoms with Crippen LogP contribution in [-0.4, -0.2) is 52.9 Å². The summed E-state index contributed by atoms with van der Waals surface area (Å²) in [5, 5.41) is 7.57. The van der Waals surface area contributed by atoms with Crippen molar-refractivity contribution in [2.45, 2.75) is 50.7 Å². The highest BCUT2D eigenvalue weighted by molar-refractivity contribution is 5.80. The Morgan fingerprint density at radius 2 is 2.13 bits per heavy atom. The van der Waals surface area contributed by atoms with Crippen LogP contribution in [0, 0.1) is 5.92 Å². The van der Waals surface area contributed by atoms with Crippen molar-refractivity contribution in [2.24, 2.45) is 5.92 Å². The van der Waals surface area contributed by atoms with Gasteiger partial charge >= 0.3 is 0 Å². The van der Waals surface area contributed by atoms with E-state index in [2.05, 4.69) is 15.3 Å². The topological polar surface area (TPSA) is 59.4 Å². The van der Waals surface area contributed by atoms with E-state index in [0.717, 1.165) is 51.4 Å². The van der Waals surface area contributed by atoms with Crippen molar-refractivity contribution in [3.05, 3.63) is 18.0 Å². The van der Waals surface area contributed by atoms with E-state index in [1.807, 2.05) is 16.9 Å². The highest BCUT2D eigenvalue weighted by atomic mass is 16.5. The summed E-state index contributed by atoms with van der Waals surface area (Å²) >= 11 is 0. The zero-order chi connectivity index (χ0) is 15.6. The summed E-state index contributed by atoms with van der Waals surface area (Å²) in [6.45, 7) is 4.12. The van der Waals surface area contributed by atoms with Gasteiger partial charge in [0.2, 0.25) is 5.91 Å². The van der Waals surface area contributed by atoms with Crippen LogP contribution in [0.15, 0.2) is 12.3 Å². The Kier molecular flexibility index (Phi) is 4.35. The third kappa shape index (κ3) is 3.15. The minimum absolute atomic E-state index is 0.116. The van der Waals surface area contributed by atoms with E-state index in [4.69, 9.17) is 4.74 Å². The van der Waals surface area contributed by atoms with Crippen molar-refractivity contribution in [1.29, 1.82) is 0 Å². The number of amides is 1. The number of ether oxygens (including phenoxy) is 1. The molecule has 6 heteroatoms. The van der Waals surface area contributed by atoms with Crippen LogP contribution in [0.25, 0.3) is 0 Å². The predicted octanol–water partition coefficient (Wildman–Crippen LogP) is 1.34. The van der Waals surface area contributed by atoms with E-state index in [9.17, 15) is 4.79 Å². The molecule has 1 aromatic heterocycles. The molecule has 4 rings (SSSR count). The molecule has 2 fully saturated rings. The van der Waals surface area contributed by atoms with Gasteiger partial charge in [0.25, 0.3) is 0 Å². The molecule has 1 aliphatic carbocycles. The maximum Gasteiger partial charge on any atom is 0.246 e. The Hall–Kier alpha value is -1.40. The van der Waals surface area contributed by atoms with E-state index in [1.165, 1.54) is 19.3 Å². The number of hydrogen-bond donors (Lipinski definition) is 1. The van der Waals surface area contributed by atoms with Crippen LogP contribution < -0.4 is 5.32 Å². The number of nitrogens with zero attached hydrogens (tertiary/aromatic N) is 3. The standard InChI is InChI=1S/C17H26N4O2/c22-17(18-10-13-5-8-23-9-6-13)16-12-20(14-2-1-3-14)11-15-4-7-19-21(15)16/h4,7,13-14,16H,1-3,5-6,8-12H2,(H,18,22). The Morgan fingerprint density at radius 1 is 1.30 bits per heavy atom. The summed E-state index contributed by atoms with van der Waals surface area (Å²) in [6.07, 6.45) is 7.77. The lowest BCUT2D eigenvalue weighted by molar-refractivity contribution is -0.126. The zero-order valence-corrected chi connectivity index (χ0v) is 13.6. The quantitative estimate of drug-likeness (QED) is 0.910. The van der Waals surface area contributed by atoms with E-state index in [1.54, 1.807) is 0 Å². The maximum absolute atomic E-state index is 12.7. The molecule has 23 heavy (non-hydrogen) atoms. The number of nitrogens with one attached hydrogen (secondary N) is 1. The Balaban J connectivity index is 1.40. The van der Waals surface area contributed by atoms with Gasteiger partial charge in [-0.25, -0.2) is 0 Å². The second kappa shape index (κ2) is 6.61. The molecule has 1 aromatic rings. The monoisotopic (exact) mass is 318 g/mol. The van der Waals surface area contributed by atoms with Crippen LogP contribution in [0.1, 0.15) is 43.8 Å². The second-order valence-corrected chi connectivity index (χ2v) is 7.10. The van der Waals surface area contributed by atoms with E-state index in [0.29, 0.717) is 12.0 Å².